The Morgan fingerprint density at radius 3 is 2.72 bits per heavy atom. The molecule has 1 unspecified atom stereocenters. The molecule has 0 saturated heterocycles. The first-order valence-corrected chi connectivity index (χ1v) is 11.1. The second-order valence-corrected chi connectivity index (χ2v) is 8.78. The molecule has 0 aliphatic heterocycles. The van der Waals surface area contributed by atoms with Gasteiger partial charge in [-0.2, -0.15) is 0 Å². The van der Waals surface area contributed by atoms with E-state index in [1.165, 1.54) is 16.5 Å². The Morgan fingerprint density at radius 1 is 1.00 bits per heavy atom. The van der Waals surface area contributed by atoms with Gasteiger partial charge >= 0.3 is 0 Å². The lowest BCUT2D eigenvalue weighted by Gasteiger charge is -2.27. The fraction of sp³-hybridized carbons (Fsp3) is 0.111. The number of halogens is 1. The molecule has 2 aromatic heterocycles. The topological polar surface area (TPSA) is 53.6 Å². The van der Waals surface area contributed by atoms with E-state index in [-0.39, 0.29) is 5.92 Å². The van der Waals surface area contributed by atoms with Crippen molar-refractivity contribution < 1.29 is 0 Å². The highest BCUT2D eigenvalue weighted by Gasteiger charge is 2.27. The van der Waals surface area contributed by atoms with Crippen molar-refractivity contribution in [3.05, 3.63) is 106 Å². The molecule has 4 nitrogen and oxygen atoms in total. The van der Waals surface area contributed by atoms with Gasteiger partial charge in [-0.05, 0) is 66.4 Å². The highest BCUT2D eigenvalue weighted by atomic mass is 35.5. The molecule has 1 aliphatic carbocycles. The summed E-state index contributed by atoms with van der Waals surface area (Å²) < 4.78 is 0. The average molecular weight is 437 g/mol. The van der Waals surface area contributed by atoms with Crippen LogP contribution in [0.15, 0.2) is 79.0 Å². The lowest BCUT2D eigenvalue weighted by atomic mass is 9.78. The molecule has 5 aromatic rings. The first-order chi connectivity index (χ1) is 15.6. The van der Waals surface area contributed by atoms with Gasteiger partial charge in [-0.25, -0.2) is 9.97 Å². The number of fused-ring (bicyclic) bond motifs is 4. The van der Waals surface area contributed by atoms with Crippen LogP contribution in [0.4, 0.5) is 11.6 Å². The van der Waals surface area contributed by atoms with Gasteiger partial charge in [0.25, 0.3) is 0 Å². The molecule has 3 aromatic carbocycles. The quantitative estimate of drug-likeness (QED) is 0.319. The van der Waals surface area contributed by atoms with E-state index in [0.717, 1.165) is 45.2 Å². The van der Waals surface area contributed by atoms with E-state index in [2.05, 4.69) is 76.8 Å². The summed E-state index contributed by atoms with van der Waals surface area (Å²) in [5.41, 5.74) is 9.11. The van der Waals surface area contributed by atoms with Crippen molar-refractivity contribution in [2.45, 2.75) is 19.3 Å². The van der Waals surface area contributed by atoms with Crippen LogP contribution in [0.2, 0.25) is 5.02 Å². The van der Waals surface area contributed by atoms with Crippen molar-refractivity contribution in [2.24, 2.45) is 0 Å². The standard InChI is InChI=1S/C27H21ClN4/c1-16-12-18-13-21(10-11-25(18)30-16)31-27-29-15-19-14-24(17-6-8-20(28)9-7-17)22-4-2-3-5-23(22)26(19)32-27/h2-13,15,24,30H,14H2,1H3,(H,29,31,32). The molecule has 5 heteroatoms. The highest BCUT2D eigenvalue weighted by Crippen LogP contribution is 2.42. The summed E-state index contributed by atoms with van der Waals surface area (Å²) in [7, 11) is 0. The third kappa shape index (κ3) is 3.33. The lowest BCUT2D eigenvalue weighted by molar-refractivity contribution is 0.782. The number of aromatic amines is 1. The molecule has 0 radical (unpaired) electrons. The van der Waals surface area contributed by atoms with Gasteiger partial charge in [-0.3, -0.25) is 0 Å². The number of H-pyrrole nitrogens is 1. The number of aromatic nitrogens is 3. The largest absolute Gasteiger partial charge is 0.359 e. The van der Waals surface area contributed by atoms with Crippen LogP contribution in [0.5, 0.6) is 0 Å². The second kappa shape index (κ2) is 7.50. The summed E-state index contributed by atoms with van der Waals surface area (Å²) in [6.45, 7) is 2.06. The van der Waals surface area contributed by atoms with E-state index in [4.69, 9.17) is 16.6 Å². The number of nitrogens with one attached hydrogen (secondary N) is 2. The molecule has 0 fully saturated rings. The monoisotopic (exact) mass is 436 g/mol. The van der Waals surface area contributed by atoms with Crippen LogP contribution in [0, 0.1) is 6.92 Å². The zero-order valence-electron chi connectivity index (χ0n) is 17.6. The Hall–Kier alpha value is -3.63. The number of benzene rings is 3. The molecule has 1 atom stereocenters. The van der Waals surface area contributed by atoms with Crippen LogP contribution in [0.1, 0.15) is 28.3 Å². The maximum absolute atomic E-state index is 6.12. The zero-order chi connectivity index (χ0) is 21.7. The lowest BCUT2D eigenvalue weighted by Crippen LogP contribution is -2.15. The summed E-state index contributed by atoms with van der Waals surface area (Å²) in [6.07, 6.45) is 2.82. The van der Waals surface area contributed by atoms with E-state index >= 15 is 0 Å². The van der Waals surface area contributed by atoms with E-state index in [9.17, 15) is 0 Å². The normalized spacial score (nSPS) is 14.8. The average Bonchev–Trinajstić information content (AvgIpc) is 3.18. The zero-order valence-corrected chi connectivity index (χ0v) is 18.3. The molecular weight excluding hydrogens is 416 g/mol. The van der Waals surface area contributed by atoms with Crippen molar-refractivity contribution in [1.82, 2.24) is 15.0 Å². The molecule has 2 N–H and O–H groups in total. The molecule has 0 saturated carbocycles. The summed E-state index contributed by atoms with van der Waals surface area (Å²) >= 11 is 6.12. The molecular formula is C27H21ClN4. The van der Waals surface area contributed by atoms with Crippen LogP contribution in [-0.2, 0) is 6.42 Å². The fourth-order valence-corrected chi connectivity index (χ4v) is 4.80. The number of anilines is 2. The summed E-state index contributed by atoms with van der Waals surface area (Å²) in [5, 5.41) is 5.31. The predicted octanol–water partition coefficient (Wildman–Crippen LogP) is 7.02. The molecule has 1 aliphatic rings. The van der Waals surface area contributed by atoms with Crippen LogP contribution in [-0.4, -0.2) is 15.0 Å². The summed E-state index contributed by atoms with van der Waals surface area (Å²) in [5.74, 6) is 0.868. The number of hydrogen-bond acceptors (Lipinski definition) is 3. The minimum Gasteiger partial charge on any atom is -0.359 e. The van der Waals surface area contributed by atoms with Gasteiger partial charge in [-0.1, -0.05) is 48.0 Å². The maximum atomic E-state index is 6.12. The molecule has 6 rings (SSSR count). The Morgan fingerprint density at radius 2 is 1.84 bits per heavy atom. The summed E-state index contributed by atoms with van der Waals surface area (Å²) in [4.78, 5) is 12.9. The first kappa shape index (κ1) is 19.1. The van der Waals surface area contributed by atoms with E-state index in [0.29, 0.717) is 5.95 Å². The molecule has 0 amide bonds. The summed E-state index contributed by atoms with van der Waals surface area (Å²) in [6, 6.07) is 25.1. The molecule has 0 spiro atoms. The van der Waals surface area contributed by atoms with E-state index < -0.39 is 0 Å². The Labute approximate surface area is 191 Å². The van der Waals surface area contributed by atoms with Gasteiger partial charge in [0.15, 0.2) is 0 Å². The molecule has 156 valence electrons. The first-order valence-electron chi connectivity index (χ1n) is 10.7. The fourth-order valence-electron chi connectivity index (χ4n) is 4.67. The van der Waals surface area contributed by atoms with E-state index in [1.54, 1.807) is 0 Å². The number of hydrogen-bond donors (Lipinski definition) is 2. The van der Waals surface area contributed by atoms with Crippen molar-refractivity contribution in [1.29, 1.82) is 0 Å². The molecule has 32 heavy (non-hydrogen) atoms. The van der Waals surface area contributed by atoms with Crippen molar-refractivity contribution in [2.75, 3.05) is 5.32 Å². The van der Waals surface area contributed by atoms with Gasteiger partial charge in [0.1, 0.15) is 0 Å². The van der Waals surface area contributed by atoms with Gasteiger partial charge in [0.05, 0.1) is 5.69 Å². The third-order valence-electron chi connectivity index (χ3n) is 6.16. The second-order valence-electron chi connectivity index (χ2n) is 8.34. The minimum atomic E-state index is 0.262. The Bertz CT molecular complexity index is 1450. The molecule has 2 heterocycles. The van der Waals surface area contributed by atoms with Gasteiger partial charge in [0, 0.05) is 45.0 Å². The smallest absolute Gasteiger partial charge is 0.227 e. The van der Waals surface area contributed by atoms with Crippen LogP contribution >= 0.6 is 11.6 Å². The molecule has 0 bridgehead atoms. The van der Waals surface area contributed by atoms with Crippen LogP contribution in [0.25, 0.3) is 22.2 Å². The van der Waals surface area contributed by atoms with Gasteiger partial charge < -0.3 is 10.3 Å². The Kier molecular flexibility index (Phi) is 4.47. The van der Waals surface area contributed by atoms with Gasteiger partial charge in [0.2, 0.25) is 5.95 Å². The predicted molar refractivity (Wildman–Crippen MR) is 131 cm³/mol. The Balaban J connectivity index is 1.37. The van der Waals surface area contributed by atoms with Crippen molar-refractivity contribution >= 4 is 34.1 Å². The number of aryl methyl sites for hydroxylation is 1. The minimum absolute atomic E-state index is 0.262. The van der Waals surface area contributed by atoms with Crippen LogP contribution in [0.3, 0.4) is 0 Å². The van der Waals surface area contributed by atoms with Crippen molar-refractivity contribution in [3.8, 4) is 11.3 Å². The van der Waals surface area contributed by atoms with E-state index in [1.807, 2.05) is 24.4 Å². The maximum Gasteiger partial charge on any atom is 0.227 e. The SMILES string of the molecule is Cc1cc2cc(Nc3ncc4c(n3)-c3ccccc3C(c3ccc(Cl)cc3)C4)ccc2[nH]1. The third-order valence-corrected chi connectivity index (χ3v) is 6.42. The van der Waals surface area contributed by atoms with Crippen molar-refractivity contribution in [3.63, 3.8) is 0 Å². The number of rotatable bonds is 3. The van der Waals surface area contributed by atoms with Crippen LogP contribution < -0.4 is 5.32 Å². The number of nitrogens with zero attached hydrogens (tertiary/aromatic N) is 2. The van der Waals surface area contributed by atoms with Gasteiger partial charge in [-0.15, -0.1) is 0 Å². The highest BCUT2D eigenvalue weighted by molar-refractivity contribution is 6.30.